The summed E-state index contributed by atoms with van der Waals surface area (Å²) in [5.41, 5.74) is 0.00724. The summed E-state index contributed by atoms with van der Waals surface area (Å²) in [4.78, 5) is 24.6. The average Bonchev–Trinajstić information content (AvgIpc) is 2.43. The van der Waals surface area contributed by atoms with Crippen molar-refractivity contribution >= 4 is 12.0 Å². The van der Waals surface area contributed by atoms with E-state index in [9.17, 15) is 9.59 Å². The molecule has 0 radical (unpaired) electrons. The Morgan fingerprint density at radius 2 is 1.95 bits per heavy atom. The molecule has 0 saturated carbocycles. The molecule has 122 valence electrons. The van der Waals surface area contributed by atoms with Gasteiger partial charge in [-0.2, -0.15) is 0 Å². The quantitative estimate of drug-likeness (QED) is 0.753. The number of carboxylic acid groups (broad SMARTS) is 1. The van der Waals surface area contributed by atoms with Crippen LogP contribution in [0.3, 0.4) is 0 Å². The molecule has 0 atom stereocenters. The molecule has 0 aromatic rings. The van der Waals surface area contributed by atoms with Crippen molar-refractivity contribution in [3.63, 3.8) is 0 Å². The van der Waals surface area contributed by atoms with Crippen LogP contribution in [0.2, 0.25) is 0 Å². The van der Waals surface area contributed by atoms with E-state index in [1.807, 2.05) is 0 Å². The molecule has 0 aromatic carbocycles. The molecule has 0 spiro atoms. The fourth-order valence-corrected chi connectivity index (χ4v) is 2.48. The summed E-state index contributed by atoms with van der Waals surface area (Å²) in [7, 11) is 1.68. The Hall–Kier alpha value is -1.30. The lowest BCUT2D eigenvalue weighted by molar-refractivity contribution is -0.138. The largest absolute Gasteiger partial charge is 0.481 e. The number of methoxy groups -OCH3 is 1. The van der Waals surface area contributed by atoms with Gasteiger partial charge in [0, 0.05) is 39.8 Å². The highest BCUT2D eigenvalue weighted by Gasteiger charge is 2.25. The number of nitrogens with zero attached hydrogens (tertiary/aromatic N) is 1. The van der Waals surface area contributed by atoms with Crippen LogP contribution in [0, 0.1) is 11.3 Å². The van der Waals surface area contributed by atoms with Crippen molar-refractivity contribution in [1.82, 2.24) is 10.2 Å². The number of ether oxygens (including phenoxy) is 1. The molecule has 2 amide bonds. The smallest absolute Gasteiger partial charge is 0.317 e. The number of piperidine rings is 1. The van der Waals surface area contributed by atoms with Crippen molar-refractivity contribution in [3.8, 4) is 0 Å². The van der Waals surface area contributed by atoms with Gasteiger partial charge in [0.1, 0.15) is 0 Å². The second-order valence-corrected chi connectivity index (χ2v) is 6.59. The van der Waals surface area contributed by atoms with E-state index in [0.717, 1.165) is 19.3 Å². The Morgan fingerprint density at radius 1 is 1.33 bits per heavy atom. The predicted octanol–water partition coefficient (Wildman–Crippen LogP) is 1.95. The van der Waals surface area contributed by atoms with E-state index in [2.05, 4.69) is 19.2 Å². The third-order valence-electron chi connectivity index (χ3n) is 4.07. The predicted molar refractivity (Wildman–Crippen MR) is 80.2 cm³/mol. The number of hydrogen-bond acceptors (Lipinski definition) is 3. The highest BCUT2D eigenvalue weighted by atomic mass is 16.5. The van der Waals surface area contributed by atoms with Gasteiger partial charge in [-0.3, -0.25) is 4.79 Å². The van der Waals surface area contributed by atoms with Crippen molar-refractivity contribution < 1.29 is 19.4 Å². The van der Waals surface area contributed by atoms with Gasteiger partial charge in [-0.05, 0) is 30.6 Å². The summed E-state index contributed by atoms with van der Waals surface area (Å²) in [5.74, 6) is -0.553. The van der Waals surface area contributed by atoms with Crippen molar-refractivity contribution in [2.24, 2.45) is 11.3 Å². The molecule has 1 heterocycles. The number of hydrogen-bond donors (Lipinski definition) is 2. The van der Waals surface area contributed by atoms with Crippen LogP contribution in [-0.4, -0.2) is 55.4 Å². The van der Waals surface area contributed by atoms with Crippen molar-refractivity contribution in [2.45, 2.75) is 39.5 Å². The van der Waals surface area contributed by atoms with Crippen LogP contribution in [0.1, 0.15) is 39.5 Å². The van der Waals surface area contributed by atoms with Gasteiger partial charge in [0.2, 0.25) is 0 Å². The van der Waals surface area contributed by atoms with E-state index in [1.54, 1.807) is 12.0 Å². The topological polar surface area (TPSA) is 78.9 Å². The summed E-state index contributed by atoms with van der Waals surface area (Å²) in [6.07, 6.45) is 2.64. The van der Waals surface area contributed by atoms with E-state index in [4.69, 9.17) is 9.84 Å². The van der Waals surface area contributed by atoms with Crippen LogP contribution in [0.15, 0.2) is 0 Å². The normalized spacial score (nSPS) is 16.8. The van der Waals surface area contributed by atoms with E-state index in [-0.39, 0.29) is 23.8 Å². The van der Waals surface area contributed by atoms with E-state index < -0.39 is 5.97 Å². The Kier molecular flexibility index (Phi) is 6.95. The SMILES string of the molecule is COCCC(C)(C)CNC(=O)N1CCC(CC(=O)O)CC1. The lowest BCUT2D eigenvalue weighted by Crippen LogP contribution is -2.47. The van der Waals surface area contributed by atoms with Crippen molar-refractivity contribution in [1.29, 1.82) is 0 Å². The highest BCUT2D eigenvalue weighted by Crippen LogP contribution is 2.21. The minimum Gasteiger partial charge on any atom is -0.481 e. The first-order valence-electron chi connectivity index (χ1n) is 7.57. The maximum absolute atomic E-state index is 12.1. The number of likely N-dealkylation sites (tertiary alicyclic amines) is 1. The fraction of sp³-hybridized carbons (Fsp3) is 0.867. The molecular weight excluding hydrogens is 272 g/mol. The van der Waals surface area contributed by atoms with Gasteiger partial charge in [0.15, 0.2) is 0 Å². The lowest BCUT2D eigenvalue weighted by atomic mass is 9.90. The Morgan fingerprint density at radius 3 is 2.48 bits per heavy atom. The number of aliphatic carboxylic acids is 1. The van der Waals surface area contributed by atoms with E-state index in [1.165, 1.54) is 0 Å². The highest BCUT2D eigenvalue weighted by molar-refractivity contribution is 5.74. The van der Waals surface area contributed by atoms with E-state index >= 15 is 0 Å². The molecule has 0 unspecified atom stereocenters. The molecular formula is C15H28N2O4. The average molecular weight is 300 g/mol. The minimum atomic E-state index is -0.752. The summed E-state index contributed by atoms with van der Waals surface area (Å²) < 4.78 is 5.07. The molecule has 2 N–H and O–H groups in total. The molecule has 21 heavy (non-hydrogen) atoms. The standard InChI is InChI=1S/C15H28N2O4/c1-15(2,6-9-21-3)11-16-14(20)17-7-4-12(5-8-17)10-13(18)19/h12H,4-11H2,1-3H3,(H,16,20)(H,18,19). The van der Waals surface area contributed by atoms with Crippen molar-refractivity contribution in [3.05, 3.63) is 0 Å². The number of carbonyl (C=O) groups excluding carboxylic acids is 1. The number of carbonyl (C=O) groups is 2. The number of amides is 2. The second kappa shape index (κ2) is 8.22. The lowest BCUT2D eigenvalue weighted by Gasteiger charge is -2.33. The van der Waals surface area contributed by atoms with Crippen LogP contribution in [0.4, 0.5) is 4.79 Å². The Balaban J connectivity index is 2.29. The summed E-state index contributed by atoms with van der Waals surface area (Å²) in [6, 6.07) is -0.0470. The molecule has 1 saturated heterocycles. The zero-order valence-corrected chi connectivity index (χ0v) is 13.4. The Bertz CT molecular complexity index is 350. The molecule has 1 rings (SSSR count). The van der Waals surface area contributed by atoms with Crippen LogP contribution in [0.5, 0.6) is 0 Å². The van der Waals surface area contributed by atoms with Crippen molar-refractivity contribution in [2.75, 3.05) is 33.4 Å². The first-order valence-corrected chi connectivity index (χ1v) is 7.57. The van der Waals surface area contributed by atoms with Gasteiger partial charge in [0.25, 0.3) is 0 Å². The zero-order chi connectivity index (χ0) is 15.9. The molecule has 6 nitrogen and oxygen atoms in total. The van der Waals surface area contributed by atoms with Crippen LogP contribution in [-0.2, 0) is 9.53 Å². The van der Waals surface area contributed by atoms with E-state index in [0.29, 0.717) is 26.2 Å². The number of urea groups is 1. The van der Waals surface area contributed by atoms with Crippen LogP contribution in [0.25, 0.3) is 0 Å². The van der Waals surface area contributed by atoms with Crippen LogP contribution >= 0.6 is 0 Å². The molecule has 6 heteroatoms. The minimum absolute atomic E-state index is 0.00724. The molecule has 1 fully saturated rings. The second-order valence-electron chi connectivity index (χ2n) is 6.59. The number of nitrogens with one attached hydrogen (secondary N) is 1. The molecule has 1 aliphatic rings. The monoisotopic (exact) mass is 300 g/mol. The fourth-order valence-electron chi connectivity index (χ4n) is 2.48. The zero-order valence-electron chi connectivity index (χ0n) is 13.4. The maximum Gasteiger partial charge on any atom is 0.317 e. The van der Waals surface area contributed by atoms with Gasteiger partial charge in [0.05, 0.1) is 0 Å². The molecule has 0 aliphatic carbocycles. The molecule has 0 aromatic heterocycles. The summed E-state index contributed by atoms with van der Waals surface area (Å²) in [6.45, 7) is 6.79. The number of rotatable bonds is 7. The number of carboxylic acids is 1. The summed E-state index contributed by atoms with van der Waals surface area (Å²) >= 11 is 0. The summed E-state index contributed by atoms with van der Waals surface area (Å²) in [5, 5.41) is 11.8. The molecule has 0 bridgehead atoms. The van der Waals surface area contributed by atoms with Crippen LogP contribution < -0.4 is 5.32 Å². The van der Waals surface area contributed by atoms with Gasteiger partial charge in [-0.1, -0.05) is 13.8 Å². The van der Waals surface area contributed by atoms with Gasteiger partial charge < -0.3 is 20.1 Å². The third kappa shape index (κ3) is 6.80. The van der Waals surface area contributed by atoms with Gasteiger partial charge in [-0.25, -0.2) is 4.79 Å². The third-order valence-corrected chi connectivity index (χ3v) is 4.07. The van der Waals surface area contributed by atoms with Gasteiger partial charge in [-0.15, -0.1) is 0 Å². The first-order chi connectivity index (χ1) is 9.84. The van der Waals surface area contributed by atoms with Gasteiger partial charge >= 0.3 is 12.0 Å². The first kappa shape index (κ1) is 17.8. The maximum atomic E-state index is 12.1. The Labute approximate surface area is 126 Å². The molecule has 1 aliphatic heterocycles.